The van der Waals surface area contributed by atoms with Crippen LogP contribution >= 0.6 is 0 Å². The summed E-state index contributed by atoms with van der Waals surface area (Å²) < 4.78 is 1.56. The second-order valence-electron chi connectivity index (χ2n) is 8.17. The Bertz CT molecular complexity index is 1050. The summed E-state index contributed by atoms with van der Waals surface area (Å²) in [5.74, 6) is 1.44. The van der Waals surface area contributed by atoms with E-state index in [2.05, 4.69) is 15.1 Å². The third-order valence-corrected chi connectivity index (χ3v) is 6.05. The number of rotatable bonds is 4. The standard InChI is InChI=1S/C21H25N5O2/c1-13(27)25-10-4-5-14(12-25)11-16-19(15-8-9-15)24-26(20(16)28)21-22-17-6-2-3-7-18(17)23-21/h2-3,6-7,14-15,24H,4-5,8-12H2,1H3,(H,22,23). The molecule has 1 aliphatic carbocycles. The first-order valence-corrected chi connectivity index (χ1v) is 10.1. The number of imidazole rings is 1. The first-order chi connectivity index (χ1) is 13.6. The quantitative estimate of drug-likeness (QED) is 0.731. The minimum atomic E-state index is -0.0131. The molecule has 5 rings (SSSR count). The molecule has 1 aromatic carbocycles. The van der Waals surface area contributed by atoms with E-state index >= 15 is 0 Å². The Balaban J connectivity index is 1.49. The third kappa shape index (κ3) is 3.04. The predicted molar refractivity (Wildman–Crippen MR) is 107 cm³/mol. The number of fused-ring (bicyclic) bond motifs is 1. The van der Waals surface area contributed by atoms with Gasteiger partial charge >= 0.3 is 0 Å². The highest BCUT2D eigenvalue weighted by molar-refractivity contribution is 5.76. The molecule has 0 bridgehead atoms. The van der Waals surface area contributed by atoms with E-state index in [1.54, 1.807) is 11.6 Å². The van der Waals surface area contributed by atoms with Crippen LogP contribution in [0.25, 0.3) is 17.0 Å². The van der Waals surface area contributed by atoms with Crippen molar-refractivity contribution in [1.29, 1.82) is 0 Å². The van der Waals surface area contributed by atoms with Crippen LogP contribution in [0.3, 0.4) is 0 Å². The molecular formula is C21H25N5O2. The van der Waals surface area contributed by atoms with Crippen LogP contribution < -0.4 is 5.56 Å². The van der Waals surface area contributed by atoms with Crippen molar-refractivity contribution in [3.05, 3.63) is 45.9 Å². The molecular weight excluding hydrogens is 354 g/mol. The van der Waals surface area contributed by atoms with Crippen LogP contribution in [0, 0.1) is 5.92 Å². The van der Waals surface area contributed by atoms with Gasteiger partial charge in [-0.2, -0.15) is 4.68 Å². The van der Waals surface area contributed by atoms with Gasteiger partial charge in [0.2, 0.25) is 11.9 Å². The van der Waals surface area contributed by atoms with E-state index < -0.39 is 0 Å². The summed E-state index contributed by atoms with van der Waals surface area (Å²) in [4.78, 5) is 34.8. The van der Waals surface area contributed by atoms with Crippen LogP contribution in [-0.2, 0) is 11.2 Å². The molecule has 3 heterocycles. The molecule has 0 radical (unpaired) electrons. The topological polar surface area (TPSA) is 86.8 Å². The lowest BCUT2D eigenvalue weighted by Crippen LogP contribution is -2.39. The van der Waals surface area contributed by atoms with E-state index in [4.69, 9.17) is 0 Å². The lowest BCUT2D eigenvalue weighted by molar-refractivity contribution is -0.130. The number of nitrogens with zero attached hydrogens (tertiary/aromatic N) is 3. The maximum atomic E-state index is 13.3. The van der Waals surface area contributed by atoms with Crippen LogP contribution in [0.4, 0.5) is 0 Å². The number of likely N-dealkylation sites (tertiary alicyclic amines) is 1. The van der Waals surface area contributed by atoms with Crippen LogP contribution in [0.5, 0.6) is 0 Å². The average molecular weight is 379 g/mol. The first kappa shape index (κ1) is 17.3. The average Bonchev–Trinajstić information content (AvgIpc) is 3.37. The minimum absolute atomic E-state index is 0.0131. The van der Waals surface area contributed by atoms with E-state index in [9.17, 15) is 9.59 Å². The van der Waals surface area contributed by atoms with Gasteiger partial charge < -0.3 is 9.88 Å². The maximum absolute atomic E-state index is 13.3. The Morgan fingerprint density at radius 1 is 1.25 bits per heavy atom. The molecule has 2 N–H and O–H groups in total. The molecule has 2 aromatic heterocycles. The van der Waals surface area contributed by atoms with Crippen LogP contribution in [0.2, 0.25) is 0 Å². The van der Waals surface area contributed by atoms with Gasteiger partial charge in [-0.3, -0.25) is 14.7 Å². The number of aromatic nitrogens is 4. The zero-order chi connectivity index (χ0) is 19.3. The number of benzene rings is 1. The molecule has 2 fully saturated rings. The lowest BCUT2D eigenvalue weighted by atomic mass is 9.90. The highest BCUT2D eigenvalue weighted by atomic mass is 16.2. The molecule has 1 saturated carbocycles. The number of carbonyl (C=O) groups excluding carboxylic acids is 1. The molecule has 7 heteroatoms. The number of H-pyrrole nitrogens is 2. The van der Waals surface area contributed by atoms with E-state index in [0.29, 0.717) is 17.8 Å². The van der Waals surface area contributed by atoms with Crippen molar-refractivity contribution in [3.63, 3.8) is 0 Å². The van der Waals surface area contributed by atoms with Crippen molar-refractivity contribution in [3.8, 4) is 5.95 Å². The Hall–Kier alpha value is -2.83. The van der Waals surface area contributed by atoms with Crippen molar-refractivity contribution in [2.75, 3.05) is 13.1 Å². The smallest absolute Gasteiger partial charge is 0.277 e. The molecule has 2 aliphatic rings. The molecule has 0 spiro atoms. The molecule has 1 saturated heterocycles. The number of piperidine rings is 1. The second-order valence-corrected chi connectivity index (χ2v) is 8.17. The highest BCUT2D eigenvalue weighted by Gasteiger charge is 2.33. The van der Waals surface area contributed by atoms with Gasteiger partial charge in [-0.1, -0.05) is 12.1 Å². The van der Waals surface area contributed by atoms with Crippen molar-refractivity contribution >= 4 is 16.9 Å². The number of amides is 1. The van der Waals surface area contributed by atoms with Gasteiger partial charge in [0.15, 0.2) is 0 Å². The fraction of sp³-hybridized carbons (Fsp3) is 0.476. The molecule has 1 amide bonds. The fourth-order valence-electron chi connectivity index (χ4n) is 4.40. The molecule has 7 nitrogen and oxygen atoms in total. The Kier molecular flexibility index (Phi) is 4.10. The summed E-state index contributed by atoms with van der Waals surface area (Å²) in [6.45, 7) is 3.20. The van der Waals surface area contributed by atoms with E-state index in [-0.39, 0.29) is 11.5 Å². The highest BCUT2D eigenvalue weighted by Crippen LogP contribution is 2.41. The lowest BCUT2D eigenvalue weighted by Gasteiger charge is -2.32. The molecule has 1 atom stereocenters. The SMILES string of the molecule is CC(=O)N1CCCC(Cc2c(C3CC3)[nH]n(-c3nc4ccccc4[nH]3)c2=O)C1. The van der Waals surface area contributed by atoms with Crippen molar-refractivity contribution in [1.82, 2.24) is 24.6 Å². The largest absolute Gasteiger partial charge is 0.343 e. The summed E-state index contributed by atoms with van der Waals surface area (Å²) in [6, 6.07) is 7.79. The van der Waals surface area contributed by atoms with Crippen LogP contribution in [0.1, 0.15) is 49.8 Å². The number of carbonyl (C=O) groups is 1. The Morgan fingerprint density at radius 3 is 2.82 bits per heavy atom. The van der Waals surface area contributed by atoms with Crippen molar-refractivity contribution < 1.29 is 4.79 Å². The van der Waals surface area contributed by atoms with Gasteiger partial charge in [0, 0.05) is 37.2 Å². The molecule has 1 aliphatic heterocycles. The number of hydrogen-bond acceptors (Lipinski definition) is 3. The van der Waals surface area contributed by atoms with Gasteiger partial charge in [-0.15, -0.1) is 0 Å². The van der Waals surface area contributed by atoms with Crippen LogP contribution in [-0.4, -0.2) is 43.6 Å². The minimum Gasteiger partial charge on any atom is -0.343 e. The third-order valence-electron chi connectivity index (χ3n) is 6.05. The first-order valence-electron chi connectivity index (χ1n) is 10.1. The van der Waals surface area contributed by atoms with E-state index in [1.807, 2.05) is 29.2 Å². The number of aromatic amines is 2. The number of para-hydroxylation sites is 2. The Labute approximate surface area is 162 Å². The normalized spacial score (nSPS) is 20.0. The van der Waals surface area contributed by atoms with Crippen LogP contribution in [0.15, 0.2) is 29.1 Å². The second kappa shape index (κ2) is 6.65. The maximum Gasteiger partial charge on any atom is 0.277 e. The van der Waals surface area contributed by atoms with E-state index in [1.165, 1.54) is 0 Å². The zero-order valence-corrected chi connectivity index (χ0v) is 16.1. The number of nitrogens with one attached hydrogen (secondary N) is 2. The van der Waals surface area contributed by atoms with Gasteiger partial charge in [0.1, 0.15) is 0 Å². The Morgan fingerprint density at radius 2 is 2.07 bits per heavy atom. The molecule has 3 aromatic rings. The number of hydrogen-bond donors (Lipinski definition) is 2. The van der Waals surface area contributed by atoms with Gasteiger partial charge in [-0.05, 0) is 50.2 Å². The summed E-state index contributed by atoms with van der Waals surface area (Å²) in [7, 11) is 0. The zero-order valence-electron chi connectivity index (χ0n) is 16.1. The fourth-order valence-corrected chi connectivity index (χ4v) is 4.40. The van der Waals surface area contributed by atoms with Crippen molar-refractivity contribution in [2.45, 2.75) is 44.9 Å². The summed E-state index contributed by atoms with van der Waals surface area (Å²) in [5, 5.41) is 3.34. The summed E-state index contributed by atoms with van der Waals surface area (Å²) in [6.07, 6.45) is 5.03. The van der Waals surface area contributed by atoms with Gasteiger partial charge in [0.05, 0.1) is 11.0 Å². The summed E-state index contributed by atoms with van der Waals surface area (Å²) >= 11 is 0. The predicted octanol–water partition coefficient (Wildman–Crippen LogP) is 2.72. The molecule has 1 unspecified atom stereocenters. The van der Waals surface area contributed by atoms with Gasteiger partial charge in [0.25, 0.3) is 5.56 Å². The van der Waals surface area contributed by atoms with E-state index in [0.717, 1.165) is 67.5 Å². The monoisotopic (exact) mass is 379 g/mol. The molecule has 28 heavy (non-hydrogen) atoms. The summed E-state index contributed by atoms with van der Waals surface area (Å²) in [5.41, 5.74) is 3.68. The van der Waals surface area contributed by atoms with Gasteiger partial charge in [-0.25, -0.2) is 4.98 Å². The van der Waals surface area contributed by atoms with Crippen molar-refractivity contribution in [2.24, 2.45) is 5.92 Å². The molecule has 146 valence electrons.